The Morgan fingerprint density at radius 2 is 2.03 bits per heavy atom. The van der Waals surface area contributed by atoms with Crippen LogP contribution in [0, 0.1) is 5.92 Å². The zero-order valence-electron chi connectivity index (χ0n) is 17.9. The van der Waals surface area contributed by atoms with E-state index in [4.69, 9.17) is 4.74 Å². The van der Waals surface area contributed by atoms with Crippen LogP contribution in [0.3, 0.4) is 0 Å². The summed E-state index contributed by atoms with van der Waals surface area (Å²) < 4.78 is 5.21. The van der Waals surface area contributed by atoms with Crippen LogP contribution >= 0.6 is 0 Å². The number of hydrogen-bond acceptors (Lipinski definition) is 5. The second kappa shape index (κ2) is 11.0. The lowest BCUT2D eigenvalue weighted by Crippen LogP contribution is -2.48. The summed E-state index contributed by atoms with van der Waals surface area (Å²) in [6.07, 6.45) is 8.88. The Morgan fingerprint density at radius 1 is 1.24 bits per heavy atom. The second-order valence-electron chi connectivity index (χ2n) is 7.86. The standard InChI is InChI=1S/C22H35N5O2/c1-3-29-21(28)19-9-8-14-27(17-19)22(23-2)25-16-18-10-11-24-20(15-18)26-12-6-4-5-7-13-26/h10-11,15,19H,3-9,12-14,16-17H2,1-2H3,(H,23,25). The summed E-state index contributed by atoms with van der Waals surface area (Å²) in [5, 5.41) is 3.47. The van der Waals surface area contributed by atoms with Crippen molar-refractivity contribution in [3.8, 4) is 0 Å². The summed E-state index contributed by atoms with van der Waals surface area (Å²) >= 11 is 0. The lowest BCUT2D eigenvalue weighted by atomic mass is 9.98. The highest BCUT2D eigenvalue weighted by Gasteiger charge is 2.28. The minimum absolute atomic E-state index is 0.0715. The van der Waals surface area contributed by atoms with Crippen molar-refractivity contribution in [1.82, 2.24) is 15.2 Å². The number of anilines is 1. The molecule has 2 fully saturated rings. The maximum atomic E-state index is 12.1. The van der Waals surface area contributed by atoms with Crippen LogP contribution < -0.4 is 10.2 Å². The molecule has 1 atom stereocenters. The monoisotopic (exact) mass is 401 g/mol. The lowest BCUT2D eigenvalue weighted by molar-refractivity contribution is -0.149. The molecule has 0 amide bonds. The quantitative estimate of drug-likeness (QED) is 0.465. The van der Waals surface area contributed by atoms with Crippen LogP contribution in [0.1, 0.15) is 51.0 Å². The number of aliphatic imine (C=N–C) groups is 1. The van der Waals surface area contributed by atoms with E-state index >= 15 is 0 Å². The fourth-order valence-electron chi connectivity index (χ4n) is 4.18. The highest BCUT2D eigenvalue weighted by molar-refractivity contribution is 5.81. The number of carbonyl (C=O) groups excluding carboxylic acids is 1. The van der Waals surface area contributed by atoms with Gasteiger partial charge < -0.3 is 19.9 Å². The Bertz CT molecular complexity index is 686. The van der Waals surface area contributed by atoms with Crippen molar-refractivity contribution in [1.29, 1.82) is 0 Å². The molecule has 7 nitrogen and oxygen atoms in total. The van der Waals surface area contributed by atoms with Crippen LogP contribution in [0.4, 0.5) is 5.82 Å². The highest BCUT2D eigenvalue weighted by Crippen LogP contribution is 2.20. The zero-order valence-corrected chi connectivity index (χ0v) is 17.9. The van der Waals surface area contributed by atoms with Gasteiger partial charge in [0.05, 0.1) is 12.5 Å². The van der Waals surface area contributed by atoms with Gasteiger partial charge in [-0.25, -0.2) is 4.98 Å². The van der Waals surface area contributed by atoms with Crippen molar-refractivity contribution >= 4 is 17.7 Å². The van der Waals surface area contributed by atoms with Gasteiger partial charge in [0.1, 0.15) is 5.82 Å². The number of aromatic nitrogens is 1. The third-order valence-corrected chi connectivity index (χ3v) is 5.74. The Labute approximate surface area is 174 Å². The molecule has 7 heteroatoms. The molecule has 2 aliphatic heterocycles. The van der Waals surface area contributed by atoms with Crippen LogP contribution in [0.2, 0.25) is 0 Å². The molecule has 0 radical (unpaired) electrons. The average molecular weight is 402 g/mol. The summed E-state index contributed by atoms with van der Waals surface area (Å²) in [7, 11) is 1.80. The number of nitrogens with zero attached hydrogens (tertiary/aromatic N) is 4. The third kappa shape index (κ3) is 6.08. The number of carbonyl (C=O) groups is 1. The predicted molar refractivity (Wildman–Crippen MR) is 116 cm³/mol. The molecule has 2 saturated heterocycles. The van der Waals surface area contributed by atoms with Gasteiger partial charge in [0.2, 0.25) is 0 Å². The lowest BCUT2D eigenvalue weighted by Gasteiger charge is -2.34. The first-order valence-electron chi connectivity index (χ1n) is 11.0. The van der Waals surface area contributed by atoms with Crippen molar-refractivity contribution in [3.05, 3.63) is 23.9 Å². The first kappa shape index (κ1) is 21.4. The minimum Gasteiger partial charge on any atom is -0.466 e. The molecule has 0 saturated carbocycles. The minimum atomic E-state index is -0.0936. The van der Waals surface area contributed by atoms with E-state index in [2.05, 4.69) is 37.2 Å². The van der Waals surface area contributed by atoms with Gasteiger partial charge in [-0.1, -0.05) is 12.8 Å². The normalized spacial score (nSPS) is 20.9. The van der Waals surface area contributed by atoms with Crippen LogP contribution in [0.5, 0.6) is 0 Å². The summed E-state index contributed by atoms with van der Waals surface area (Å²) in [4.78, 5) is 25.7. The molecular formula is C22H35N5O2. The van der Waals surface area contributed by atoms with Gasteiger partial charge in [0, 0.05) is 46.0 Å². The molecule has 160 valence electrons. The van der Waals surface area contributed by atoms with E-state index in [0.717, 1.165) is 44.3 Å². The van der Waals surface area contributed by atoms with E-state index in [0.29, 0.717) is 19.7 Å². The molecule has 0 aromatic carbocycles. The van der Waals surface area contributed by atoms with E-state index < -0.39 is 0 Å². The summed E-state index contributed by atoms with van der Waals surface area (Å²) in [5.41, 5.74) is 1.19. The molecule has 2 aliphatic rings. The van der Waals surface area contributed by atoms with Crippen molar-refractivity contribution in [2.45, 2.75) is 52.0 Å². The number of hydrogen-bond donors (Lipinski definition) is 1. The summed E-state index contributed by atoms with van der Waals surface area (Å²) in [6, 6.07) is 4.24. The van der Waals surface area contributed by atoms with E-state index in [1.54, 1.807) is 7.05 Å². The van der Waals surface area contributed by atoms with Gasteiger partial charge in [-0.15, -0.1) is 0 Å². The van der Waals surface area contributed by atoms with Crippen molar-refractivity contribution in [2.24, 2.45) is 10.9 Å². The number of pyridine rings is 1. The molecule has 0 bridgehead atoms. The Hall–Kier alpha value is -2.31. The van der Waals surface area contributed by atoms with Gasteiger partial charge in [0.25, 0.3) is 0 Å². The Balaban J connectivity index is 1.58. The third-order valence-electron chi connectivity index (χ3n) is 5.74. The van der Waals surface area contributed by atoms with Gasteiger partial charge >= 0.3 is 5.97 Å². The van der Waals surface area contributed by atoms with Gasteiger partial charge in [0.15, 0.2) is 5.96 Å². The number of piperidine rings is 1. The fourth-order valence-corrected chi connectivity index (χ4v) is 4.18. The van der Waals surface area contributed by atoms with Crippen molar-refractivity contribution in [2.75, 3.05) is 44.7 Å². The number of esters is 1. The number of nitrogens with one attached hydrogen (secondary N) is 1. The van der Waals surface area contributed by atoms with Crippen molar-refractivity contribution in [3.63, 3.8) is 0 Å². The molecule has 1 N–H and O–H groups in total. The zero-order chi connectivity index (χ0) is 20.5. The van der Waals surface area contributed by atoms with Crippen LogP contribution in [-0.2, 0) is 16.1 Å². The first-order chi connectivity index (χ1) is 14.2. The molecular weight excluding hydrogens is 366 g/mol. The molecule has 0 aliphatic carbocycles. The van der Waals surface area contributed by atoms with E-state index in [1.165, 1.54) is 31.2 Å². The molecule has 1 unspecified atom stereocenters. The molecule has 1 aromatic rings. The second-order valence-corrected chi connectivity index (χ2v) is 7.86. The first-order valence-corrected chi connectivity index (χ1v) is 11.0. The molecule has 3 rings (SSSR count). The largest absolute Gasteiger partial charge is 0.466 e. The van der Waals surface area contributed by atoms with Crippen LogP contribution in [0.25, 0.3) is 0 Å². The number of guanidine groups is 1. The predicted octanol–water partition coefficient (Wildman–Crippen LogP) is 2.81. The average Bonchev–Trinajstić information content (AvgIpc) is 3.04. The van der Waals surface area contributed by atoms with E-state index in [-0.39, 0.29) is 11.9 Å². The smallest absolute Gasteiger partial charge is 0.310 e. The van der Waals surface area contributed by atoms with E-state index in [9.17, 15) is 4.79 Å². The fraction of sp³-hybridized carbons (Fsp3) is 0.682. The number of rotatable bonds is 5. The number of likely N-dealkylation sites (tertiary alicyclic amines) is 1. The highest BCUT2D eigenvalue weighted by atomic mass is 16.5. The van der Waals surface area contributed by atoms with Crippen molar-refractivity contribution < 1.29 is 9.53 Å². The van der Waals surface area contributed by atoms with E-state index in [1.807, 2.05) is 13.1 Å². The summed E-state index contributed by atoms with van der Waals surface area (Å²) in [6.45, 7) is 6.73. The van der Waals surface area contributed by atoms with Crippen LogP contribution in [-0.4, -0.2) is 61.6 Å². The Morgan fingerprint density at radius 3 is 2.76 bits per heavy atom. The van der Waals surface area contributed by atoms with Gasteiger partial charge in [-0.05, 0) is 50.3 Å². The van der Waals surface area contributed by atoms with Gasteiger partial charge in [-0.2, -0.15) is 0 Å². The number of ether oxygens (including phenoxy) is 1. The summed E-state index contributed by atoms with van der Waals surface area (Å²) in [5.74, 6) is 1.75. The molecule has 0 spiro atoms. The SMILES string of the molecule is CCOC(=O)C1CCCN(C(=NC)NCc2ccnc(N3CCCCCC3)c2)C1. The maximum absolute atomic E-state index is 12.1. The molecule has 1 aromatic heterocycles. The molecule has 29 heavy (non-hydrogen) atoms. The molecule has 3 heterocycles. The topological polar surface area (TPSA) is 70.1 Å². The van der Waals surface area contributed by atoms with Crippen LogP contribution in [0.15, 0.2) is 23.3 Å². The Kier molecular flexibility index (Phi) is 8.14. The van der Waals surface area contributed by atoms with Gasteiger partial charge in [-0.3, -0.25) is 9.79 Å². The maximum Gasteiger partial charge on any atom is 0.310 e.